The molecule has 4 rings (SSSR count). The number of hydrogen-bond acceptors (Lipinski definition) is 7. The molecule has 1 heterocycles. The number of halogens is 4. The van der Waals surface area contributed by atoms with Gasteiger partial charge in [0.25, 0.3) is 5.91 Å². The summed E-state index contributed by atoms with van der Waals surface area (Å²) in [5, 5.41) is 11.9. The number of nitro benzene ring substituents is 1. The summed E-state index contributed by atoms with van der Waals surface area (Å²) in [6.45, 7) is 1.90. The number of thiocarbonyl (C=S) groups is 1. The molecule has 0 bridgehead atoms. The van der Waals surface area contributed by atoms with Crippen LogP contribution < -0.4 is 14.4 Å². The summed E-state index contributed by atoms with van der Waals surface area (Å²) in [4.78, 5) is 25.2. The van der Waals surface area contributed by atoms with Crippen LogP contribution in [0.1, 0.15) is 18.1 Å². The molecule has 3 aromatic rings. The summed E-state index contributed by atoms with van der Waals surface area (Å²) in [7, 11) is 0. The maximum atomic E-state index is 13.0. The summed E-state index contributed by atoms with van der Waals surface area (Å²) >= 11 is 12.4. The maximum absolute atomic E-state index is 13.0. The van der Waals surface area contributed by atoms with Gasteiger partial charge in [0.15, 0.2) is 15.8 Å². The lowest BCUT2D eigenvalue weighted by Crippen LogP contribution is -2.27. The van der Waals surface area contributed by atoms with E-state index in [0.717, 1.165) is 17.8 Å². The highest BCUT2D eigenvalue weighted by Crippen LogP contribution is 2.41. The molecule has 0 radical (unpaired) electrons. The van der Waals surface area contributed by atoms with Crippen LogP contribution in [0.25, 0.3) is 6.08 Å². The molecule has 1 saturated heterocycles. The maximum Gasteiger partial charge on any atom is 0.416 e. The Morgan fingerprint density at radius 3 is 2.39 bits per heavy atom. The number of carbonyl (C=O) groups excluding carboxylic acids is 1. The van der Waals surface area contributed by atoms with Crippen LogP contribution in [-0.2, 0) is 11.0 Å². The van der Waals surface area contributed by atoms with E-state index in [1.54, 1.807) is 49.4 Å². The van der Waals surface area contributed by atoms with E-state index in [4.69, 9.17) is 33.3 Å². The van der Waals surface area contributed by atoms with Crippen LogP contribution in [0.3, 0.4) is 0 Å². The Hall–Kier alpha value is -3.61. The van der Waals surface area contributed by atoms with Crippen LogP contribution in [-0.4, -0.2) is 21.8 Å². The second-order valence-corrected chi connectivity index (χ2v) is 9.78. The predicted molar refractivity (Wildman–Crippen MR) is 143 cm³/mol. The number of amides is 1. The van der Waals surface area contributed by atoms with E-state index < -0.39 is 22.4 Å². The smallest absolute Gasteiger partial charge is 0.416 e. The van der Waals surface area contributed by atoms with Crippen molar-refractivity contribution in [2.75, 3.05) is 11.5 Å². The van der Waals surface area contributed by atoms with Gasteiger partial charge in [0, 0.05) is 11.1 Å². The van der Waals surface area contributed by atoms with Gasteiger partial charge in [0.05, 0.1) is 27.7 Å². The molecule has 13 heteroatoms. The molecule has 0 aromatic heterocycles. The Morgan fingerprint density at radius 1 is 1.08 bits per heavy atom. The third-order valence-electron chi connectivity index (χ3n) is 5.15. The normalized spacial score (nSPS) is 14.8. The first-order valence-corrected chi connectivity index (χ1v) is 12.4. The Morgan fingerprint density at radius 2 is 1.76 bits per heavy atom. The SMILES string of the molecule is CCOc1cc(/C=C2/SC(=S)N(c3ccc(Cl)cc3)C2=O)ccc1Oc1ccc(C(F)(F)F)cc1[N+](=O)[O-]. The van der Waals surface area contributed by atoms with Crippen LogP contribution in [0, 0.1) is 10.1 Å². The van der Waals surface area contributed by atoms with Gasteiger partial charge in [-0.3, -0.25) is 19.8 Å². The summed E-state index contributed by atoms with van der Waals surface area (Å²) in [6.07, 6.45) is -3.15. The Bertz CT molecular complexity index is 1460. The largest absolute Gasteiger partial charge is 0.490 e. The lowest BCUT2D eigenvalue weighted by atomic mass is 10.1. The lowest BCUT2D eigenvalue weighted by Gasteiger charge is -2.14. The van der Waals surface area contributed by atoms with Crippen LogP contribution in [0.2, 0.25) is 5.02 Å². The van der Waals surface area contributed by atoms with Crippen molar-refractivity contribution in [3.8, 4) is 17.2 Å². The number of nitro groups is 1. The number of alkyl halides is 3. The second-order valence-electron chi connectivity index (χ2n) is 7.67. The molecule has 1 amide bonds. The van der Waals surface area contributed by atoms with E-state index in [1.165, 1.54) is 11.0 Å². The summed E-state index contributed by atoms with van der Waals surface area (Å²) in [5.41, 5.74) is -0.915. The minimum absolute atomic E-state index is 0.0422. The molecule has 1 fully saturated rings. The van der Waals surface area contributed by atoms with Gasteiger partial charge in [-0.1, -0.05) is 41.6 Å². The molecule has 38 heavy (non-hydrogen) atoms. The highest BCUT2D eigenvalue weighted by atomic mass is 35.5. The zero-order valence-electron chi connectivity index (χ0n) is 19.3. The van der Waals surface area contributed by atoms with Crippen molar-refractivity contribution in [3.05, 3.63) is 91.8 Å². The van der Waals surface area contributed by atoms with Crippen LogP contribution >= 0.6 is 35.6 Å². The van der Waals surface area contributed by atoms with Gasteiger partial charge in [-0.2, -0.15) is 13.2 Å². The van der Waals surface area contributed by atoms with Crippen molar-refractivity contribution in [1.29, 1.82) is 0 Å². The van der Waals surface area contributed by atoms with Gasteiger partial charge in [0.1, 0.15) is 0 Å². The summed E-state index contributed by atoms with van der Waals surface area (Å²) in [5.74, 6) is -0.509. The molecule has 1 aliphatic heterocycles. The van der Waals surface area contributed by atoms with Crippen molar-refractivity contribution in [3.63, 3.8) is 0 Å². The highest BCUT2D eigenvalue weighted by Gasteiger charge is 2.34. The van der Waals surface area contributed by atoms with E-state index in [2.05, 4.69) is 0 Å². The van der Waals surface area contributed by atoms with Gasteiger partial charge in [0.2, 0.25) is 5.75 Å². The topological polar surface area (TPSA) is 81.9 Å². The Kier molecular flexibility index (Phi) is 7.95. The number of nitrogens with zero attached hydrogens (tertiary/aromatic N) is 2. The molecule has 0 aliphatic carbocycles. The molecule has 1 aliphatic rings. The average Bonchev–Trinajstić information content (AvgIpc) is 3.13. The molecule has 0 saturated carbocycles. The number of benzene rings is 3. The number of rotatable bonds is 7. The van der Waals surface area contributed by atoms with E-state index in [1.807, 2.05) is 0 Å². The van der Waals surface area contributed by atoms with E-state index in [0.29, 0.717) is 37.6 Å². The Labute approximate surface area is 228 Å². The van der Waals surface area contributed by atoms with Crippen molar-refractivity contribution < 1.29 is 32.4 Å². The molecule has 0 spiro atoms. The number of thioether (sulfide) groups is 1. The molecule has 0 atom stereocenters. The van der Waals surface area contributed by atoms with Gasteiger partial charge in [-0.15, -0.1) is 0 Å². The number of hydrogen-bond donors (Lipinski definition) is 0. The zero-order chi connectivity index (χ0) is 27.6. The van der Waals surface area contributed by atoms with Crippen molar-refractivity contribution in [1.82, 2.24) is 0 Å². The van der Waals surface area contributed by atoms with Gasteiger partial charge < -0.3 is 9.47 Å². The molecule has 0 N–H and O–H groups in total. The fourth-order valence-electron chi connectivity index (χ4n) is 3.44. The third-order valence-corrected chi connectivity index (χ3v) is 6.70. The standard InChI is InChI=1S/C25H16ClF3N2O5S2/c1-2-35-21-11-14(12-22-23(32)30(24(37)38-22)17-7-5-16(26)6-8-17)3-9-20(21)36-19-10-4-15(25(27,28)29)13-18(19)31(33)34/h3-13H,2H2,1H3/b22-12+. The summed E-state index contributed by atoms with van der Waals surface area (Å²) in [6, 6.07) is 13.2. The van der Waals surface area contributed by atoms with Crippen molar-refractivity contribution in [2.24, 2.45) is 0 Å². The molecular weight excluding hydrogens is 565 g/mol. The van der Waals surface area contributed by atoms with Crippen molar-refractivity contribution >= 4 is 63.3 Å². The van der Waals surface area contributed by atoms with Gasteiger partial charge in [-0.25, -0.2) is 0 Å². The molecule has 0 unspecified atom stereocenters. The third kappa shape index (κ3) is 5.93. The summed E-state index contributed by atoms with van der Waals surface area (Å²) < 4.78 is 50.6. The lowest BCUT2D eigenvalue weighted by molar-refractivity contribution is -0.385. The van der Waals surface area contributed by atoms with E-state index in [-0.39, 0.29) is 29.8 Å². The number of anilines is 1. The Balaban J connectivity index is 1.64. The fraction of sp³-hybridized carbons (Fsp3) is 0.120. The minimum Gasteiger partial charge on any atom is -0.490 e. The average molecular weight is 581 g/mol. The second kappa shape index (κ2) is 11.0. The van der Waals surface area contributed by atoms with E-state index in [9.17, 15) is 28.1 Å². The molecule has 7 nitrogen and oxygen atoms in total. The quantitative estimate of drug-likeness (QED) is 0.122. The highest BCUT2D eigenvalue weighted by molar-refractivity contribution is 8.27. The van der Waals surface area contributed by atoms with Gasteiger partial charge >= 0.3 is 11.9 Å². The van der Waals surface area contributed by atoms with Gasteiger partial charge in [-0.05, 0) is 67.1 Å². The van der Waals surface area contributed by atoms with Crippen LogP contribution in [0.5, 0.6) is 17.2 Å². The van der Waals surface area contributed by atoms with E-state index >= 15 is 0 Å². The molecular formula is C25H16ClF3N2O5S2. The van der Waals surface area contributed by atoms with Crippen LogP contribution in [0.4, 0.5) is 24.5 Å². The first kappa shape index (κ1) is 27.4. The fourth-order valence-corrected chi connectivity index (χ4v) is 4.87. The molecule has 196 valence electrons. The molecule has 3 aromatic carbocycles. The predicted octanol–water partition coefficient (Wildman–Crippen LogP) is 7.86. The number of carbonyl (C=O) groups is 1. The minimum atomic E-state index is -4.75. The monoisotopic (exact) mass is 580 g/mol. The first-order valence-electron chi connectivity index (χ1n) is 10.8. The van der Waals surface area contributed by atoms with Crippen molar-refractivity contribution in [2.45, 2.75) is 13.1 Å². The number of ether oxygens (including phenoxy) is 2. The zero-order valence-corrected chi connectivity index (χ0v) is 21.7. The first-order chi connectivity index (χ1) is 18.0. The van der Waals surface area contributed by atoms with Crippen LogP contribution in [0.15, 0.2) is 65.6 Å².